The third kappa shape index (κ3) is 3.79. The molecule has 0 heterocycles. The molecule has 0 spiro atoms. The number of methoxy groups -OCH3 is 1. The van der Waals surface area contributed by atoms with Crippen molar-refractivity contribution in [2.24, 2.45) is 11.1 Å². The minimum atomic E-state index is -3.93. The van der Waals surface area contributed by atoms with E-state index in [1.165, 1.54) is 19.2 Å². The molecule has 0 unspecified atom stereocenters. The fourth-order valence-electron chi connectivity index (χ4n) is 1.73. The Morgan fingerprint density at radius 1 is 1.48 bits per heavy atom. The molecule has 0 aromatic heterocycles. The maximum atomic E-state index is 12.0. The lowest BCUT2D eigenvalue weighted by atomic mass is 10.2. The summed E-state index contributed by atoms with van der Waals surface area (Å²) in [5.74, 6) is -0.670. The second-order valence-corrected chi connectivity index (χ2v) is 7.77. The van der Waals surface area contributed by atoms with Crippen LogP contribution in [0.5, 0.6) is 5.75 Å². The van der Waals surface area contributed by atoms with Gasteiger partial charge < -0.3 is 9.47 Å². The molecule has 2 N–H and O–H groups in total. The molecule has 116 valence electrons. The highest BCUT2D eigenvalue weighted by molar-refractivity contribution is 7.89. The largest absolute Gasteiger partial charge is 0.496 e. The van der Waals surface area contributed by atoms with E-state index in [4.69, 9.17) is 37.8 Å². The highest BCUT2D eigenvalue weighted by Gasteiger charge is 2.52. The van der Waals surface area contributed by atoms with Crippen LogP contribution in [0.4, 0.5) is 0 Å². The molecule has 1 fully saturated rings. The zero-order chi connectivity index (χ0) is 15.8. The van der Waals surface area contributed by atoms with Crippen LogP contribution < -0.4 is 9.88 Å². The van der Waals surface area contributed by atoms with Crippen LogP contribution in [0.2, 0.25) is 0 Å². The number of carbonyl (C=O) groups is 1. The molecule has 9 heteroatoms. The summed E-state index contributed by atoms with van der Waals surface area (Å²) in [4.78, 5) is 11.8. The van der Waals surface area contributed by atoms with Crippen molar-refractivity contribution in [2.45, 2.75) is 15.6 Å². The molecule has 1 atom stereocenters. The molecular weight excluding hydrogens is 341 g/mol. The first kappa shape index (κ1) is 16.4. The molecule has 0 radical (unpaired) electrons. The van der Waals surface area contributed by atoms with Crippen LogP contribution in [-0.4, -0.2) is 32.4 Å². The van der Waals surface area contributed by atoms with Crippen molar-refractivity contribution >= 4 is 39.2 Å². The highest BCUT2D eigenvalue weighted by atomic mass is 35.5. The first-order valence-corrected chi connectivity index (χ1v) is 8.21. The Morgan fingerprint density at radius 2 is 2.10 bits per heavy atom. The fourth-order valence-corrected chi connectivity index (χ4v) is 2.77. The van der Waals surface area contributed by atoms with E-state index in [0.717, 1.165) is 6.07 Å². The molecule has 0 amide bonds. The van der Waals surface area contributed by atoms with Gasteiger partial charge in [0.1, 0.15) is 15.6 Å². The number of esters is 1. The highest BCUT2D eigenvalue weighted by Crippen LogP contribution is 2.53. The molecule has 21 heavy (non-hydrogen) atoms. The van der Waals surface area contributed by atoms with Crippen molar-refractivity contribution in [3.05, 3.63) is 23.8 Å². The van der Waals surface area contributed by atoms with Gasteiger partial charge in [0.15, 0.2) is 0 Å². The number of nitrogens with two attached hydrogens (primary N) is 1. The van der Waals surface area contributed by atoms with Gasteiger partial charge in [0.05, 0.1) is 18.6 Å². The van der Waals surface area contributed by atoms with Crippen LogP contribution in [0.1, 0.15) is 16.8 Å². The smallest absolute Gasteiger partial charge is 0.341 e. The van der Waals surface area contributed by atoms with E-state index in [1.54, 1.807) is 0 Å². The predicted octanol–water partition coefficient (Wildman–Crippen LogP) is 1.69. The number of alkyl halides is 2. The van der Waals surface area contributed by atoms with Crippen molar-refractivity contribution in [1.29, 1.82) is 0 Å². The average molecular weight is 354 g/mol. The van der Waals surface area contributed by atoms with E-state index < -0.39 is 20.3 Å². The quantitative estimate of drug-likeness (QED) is 0.641. The van der Waals surface area contributed by atoms with Crippen LogP contribution in [0.25, 0.3) is 0 Å². The van der Waals surface area contributed by atoms with Gasteiger partial charge in [-0.05, 0) is 24.6 Å². The first-order chi connectivity index (χ1) is 9.65. The Balaban J connectivity index is 2.18. The fraction of sp³-hybridized carbons (Fsp3) is 0.417. The van der Waals surface area contributed by atoms with Gasteiger partial charge in [-0.1, -0.05) is 0 Å². The zero-order valence-corrected chi connectivity index (χ0v) is 13.3. The minimum Gasteiger partial charge on any atom is -0.496 e. The number of primary sulfonamides is 1. The number of hydrogen-bond acceptors (Lipinski definition) is 5. The van der Waals surface area contributed by atoms with Crippen molar-refractivity contribution in [2.75, 3.05) is 13.7 Å². The topological polar surface area (TPSA) is 95.7 Å². The number of hydrogen-bond donors (Lipinski definition) is 1. The summed E-state index contributed by atoms with van der Waals surface area (Å²) in [6.45, 7) is 0.0502. The van der Waals surface area contributed by atoms with Gasteiger partial charge in [0.2, 0.25) is 10.0 Å². The Morgan fingerprint density at radius 3 is 2.57 bits per heavy atom. The Hall–Kier alpha value is -1.02. The normalized spacial score (nSPS) is 19.9. The van der Waals surface area contributed by atoms with Crippen molar-refractivity contribution < 1.29 is 22.7 Å². The lowest BCUT2D eigenvalue weighted by Gasteiger charge is -2.10. The summed E-state index contributed by atoms with van der Waals surface area (Å²) in [5.41, 5.74) is -0.0283. The Bertz CT molecular complexity index is 674. The van der Waals surface area contributed by atoms with E-state index >= 15 is 0 Å². The van der Waals surface area contributed by atoms with Gasteiger partial charge in [-0.25, -0.2) is 18.4 Å². The number of ether oxygens (including phenoxy) is 2. The number of carbonyl (C=O) groups excluding carboxylic acids is 1. The zero-order valence-electron chi connectivity index (χ0n) is 11.0. The lowest BCUT2D eigenvalue weighted by molar-refractivity contribution is 0.0481. The molecule has 0 saturated heterocycles. The maximum absolute atomic E-state index is 12.0. The van der Waals surface area contributed by atoms with Crippen LogP contribution in [0.3, 0.4) is 0 Å². The van der Waals surface area contributed by atoms with E-state index in [-0.39, 0.29) is 28.7 Å². The molecule has 1 aromatic rings. The molecule has 1 saturated carbocycles. The number of benzene rings is 1. The Labute approximate surface area is 132 Å². The maximum Gasteiger partial charge on any atom is 0.341 e. The summed E-state index contributed by atoms with van der Waals surface area (Å²) in [6.07, 6.45) is 0.539. The van der Waals surface area contributed by atoms with E-state index in [1.807, 2.05) is 0 Å². The van der Waals surface area contributed by atoms with Gasteiger partial charge in [-0.2, -0.15) is 0 Å². The molecule has 6 nitrogen and oxygen atoms in total. The SMILES string of the molecule is COc1ccc(S(N)(=O)=O)cc1C(=O)OC[C@@H]1CC1(Cl)Cl. The second-order valence-electron chi connectivity index (χ2n) is 4.67. The summed E-state index contributed by atoms with van der Waals surface area (Å²) >= 11 is 11.7. The van der Waals surface area contributed by atoms with Crippen molar-refractivity contribution in [1.82, 2.24) is 0 Å². The van der Waals surface area contributed by atoms with E-state index in [2.05, 4.69) is 0 Å². The van der Waals surface area contributed by atoms with Gasteiger partial charge in [-0.3, -0.25) is 0 Å². The lowest BCUT2D eigenvalue weighted by Crippen LogP contribution is -2.15. The summed E-state index contributed by atoms with van der Waals surface area (Å²) < 4.78 is 31.9. The predicted molar refractivity (Wildman–Crippen MR) is 77.2 cm³/mol. The van der Waals surface area contributed by atoms with Crippen molar-refractivity contribution in [3.8, 4) is 5.75 Å². The van der Waals surface area contributed by atoms with Gasteiger partial charge in [-0.15, -0.1) is 23.2 Å². The van der Waals surface area contributed by atoms with Crippen molar-refractivity contribution in [3.63, 3.8) is 0 Å². The molecule has 1 aromatic carbocycles. The third-order valence-corrected chi connectivity index (χ3v) is 4.93. The van der Waals surface area contributed by atoms with Crippen LogP contribution >= 0.6 is 23.2 Å². The van der Waals surface area contributed by atoms with Gasteiger partial charge in [0, 0.05) is 5.92 Å². The van der Waals surface area contributed by atoms with E-state index in [9.17, 15) is 13.2 Å². The average Bonchev–Trinajstić information content (AvgIpc) is 3.01. The van der Waals surface area contributed by atoms with Crippen LogP contribution in [-0.2, 0) is 14.8 Å². The standard InChI is InChI=1S/C12H13Cl2NO5S/c1-19-10-3-2-8(21(15,17)18)4-9(10)11(16)20-6-7-5-12(7,13)14/h2-4,7H,5-6H2,1H3,(H2,15,17,18)/t7-/m0/s1. The van der Waals surface area contributed by atoms with Gasteiger partial charge >= 0.3 is 5.97 Å². The summed E-state index contributed by atoms with van der Waals surface area (Å²) in [5, 5.41) is 5.03. The summed E-state index contributed by atoms with van der Waals surface area (Å²) in [7, 11) is -2.57. The molecular formula is C12H13Cl2NO5S. The molecule has 1 aliphatic rings. The minimum absolute atomic E-state index is 0.0283. The number of sulfonamides is 1. The first-order valence-electron chi connectivity index (χ1n) is 5.91. The van der Waals surface area contributed by atoms with Gasteiger partial charge in [0.25, 0.3) is 0 Å². The van der Waals surface area contributed by atoms with E-state index in [0.29, 0.717) is 6.42 Å². The van der Waals surface area contributed by atoms with Crippen LogP contribution in [0.15, 0.2) is 23.1 Å². The monoisotopic (exact) mass is 353 g/mol. The van der Waals surface area contributed by atoms with Crippen LogP contribution in [0, 0.1) is 5.92 Å². The molecule has 2 rings (SSSR count). The Kier molecular flexibility index (Phi) is 4.39. The number of halogens is 2. The number of rotatable bonds is 5. The summed E-state index contributed by atoms with van der Waals surface area (Å²) in [6, 6.07) is 3.69. The molecule has 0 bridgehead atoms. The third-order valence-electron chi connectivity index (χ3n) is 3.09. The molecule has 0 aliphatic heterocycles. The molecule has 1 aliphatic carbocycles. The second kappa shape index (κ2) is 5.64.